The lowest BCUT2D eigenvalue weighted by Gasteiger charge is -2.22. The summed E-state index contributed by atoms with van der Waals surface area (Å²) in [5.41, 5.74) is 0.175. The SMILES string of the molecule is CC(C)n1cc([C@]2(O)CCN(c3ccnc(C(=O)O)c3)C2)nn1. The molecule has 0 unspecified atom stereocenters. The standard InChI is InChI=1S/C15H19N5O3/c1-10(2)20-8-13(17-18-20)15(23)4-6-19(9-15)11-3-5-16-12(7-11)14(21)22/h3,5,7-8,10,23H,4,6,9H2,1-2H3,(H,21,22)/t15-/m0/s1. The van der Waals surface area contributed by atoms with Gasteiger partial charge in [-0.15, -0.1) is 5.10 Å². The lowest BCUT2D eigenvalue weighted by atomic mass is 10.00. The second-order valence-electron chi connectivity index (χ2n) is 6.09. The summed E-state index contributed by atoms with van der Waals surface area (Å²) < 4.78 is 1.71. The summed E-state index contributed by atoms with van der Waals surface area (Å²) in [6.07, 6.45) is 3.74. The topological polar surface area (TPSA) is 104 Å². The highest BCUT2D eigenvalue weighted by Crippen LogP contribution is 2.33. The molecule has 1 saturated heterocycles. The molecule has 0 radical (unpaired) electrons. The maximum Gasteiger partial charge on any atom is 0.354 e. The van der Waals surface area contributed by atoms with Gasteiger partial charge in [0, 0.05) is 30.9 Å². The van der Waals surface area contributed by atoms with E-state index in [0.29, 0.717) is 25.2 Å². The Hall–Kier alpha value is -2.48. The second-order valence-corrected chi connectivity index (χ2v) is 6.09. The molecule has 8 heteroatoms. The number of carboxylic acid groups (broad SMARTS) is 1. The molecule has 3 rings (SSSR count). The van der Waals surface area contributed by atoms with E-state index < -0.39 is 11.6 Å². The molecule has 1 fully saturated rings. The third kappa shape index (κ3) is 2.89. The Morgan fingerprint density at radius 1 is 1.43 bits per heavy atom. The first-order valence-corrected chi connectivity index (χ1v) is 7.48. The Morgan fingerprint density at radius 2 is 2.22 bits per heavy atom. The van der Waals surface area contributed by atoms with Crippen LogP contribution in [0.5, 0.6) is 0 Å². The van der Waals surface area contributed by atoms with Crippen molar-refractivity contribution in [1.82, 2.24) is 20.0 Å². The van der Waals surface area contributed by atoms with Gasteiger partial charge in [0.2, 0.25) is 0 Å². The van der Waals surface area contributed by atoms with Gasteiger partial charge in [-0.25, -0.2) is 14.5 Å². The van der Waals surface area contributed by atoms with Gasteiger partial charge in [0.05, 0.1) is 12.7 Å². The smallest absolute Gasteiger partial charge is 0.354 e. The lowest BCUT2D eigenvalue weighted by molar-refractivity contribution is 0.0559. The van der Waals surface area contributed by atoms with Crippen LogP contribution >= 0.6 is 0 Å². The molecule has 1 aliphatic rings. The molecule has 2 aromatic heterocycles. The highest BCUT2D eigenvalue weighted by Gasteiger charge is 2.40. The first-order valence-electron chi connectivity index (χ1n) is 7.48. The Bertz CT molecular complexity index is 729. The zero-order valence-corrected chi connectivity index (χ0v) is 13.0. The van der Waals surface area contributed by atoms with Crippen LogP contribution in [-0.4, -0.2) is 49.2 Å². The molecule has 0 amide bonds. The Balaban J connectivity index is 1.81. The molecule has 0 aliphatic carbocycles. The highest BCUT2D eigenvalue weighted by atomic mass is 16.4. The number of aromatic nitrogens is 4. The molecule has 1 atom stereocenters. The summed E-state index contributed by atoms with van der Waals surface area (Å²) in [6, 6.07) is 3.43. The van der Waals surface area contributed by atoms with Crippen molar-refractivity contribution in [2.45, 2.75) is 31.9 Å². The Morgan fingerprint density at radius 3 is 2.87 bits per heavy atom. The number of anilines is 1. The summed E-state index contributed by atoms with van der Waals surface area (Å²) >= 11 is 0. The summed E-state index contributed by atoms with van der Waals surface area (Å²) in [5, 5.41) is 28.1. The van der Waals surface area contributed by atoms with E-state index in [0.717, 1.165) is 5.69 Å². The van der Waals surface area contributed by atoms with E-state index >= 15 is 0 Å². The quantitative estimate of drug-likeness (QED) is 0.868. The van der Waals surface area contributed by atoms with Gasteiger partial charge in [-0.2, -0.15) is 0 Å². The van der Waals surface area contributed by atoms with Crippen LogP contribution in [0.15, 0.2) is 24.5 Å². The van der Waals surface area contributed by atoms with Crippen molar-refractivity contribution in [3.05, 3.63) is 35.9 Å². The molecule has 8 nitrogen and oxygen atoms in total. The highest BCUT2D eigenvalue weighted by molar-refractivity contribution is 5.86. The van der Waals surface area contributed by atoms with Crippen LogP contribution in [-0.2, 0) is 5.60 Å². The van der Waals surface area contributed by atoms with Gasteiger partial charge < -0.3 is 15.1 Å². The molecular weight excluding hydrogens is 298 g/mol. The molecule has 122 valence electrons. The van der Waals surface area contributed by atoms with Crippen LogP contribution in [0.3, 0.4) is 0 Å². The molecule has 0 aromatic carbocycles. The number of pyridine rings is 1. The van der Waals surface area contributed by atoms with Crippen LogP contribution in [0.4, 0.5) is 5.69 Å². The number of β-amino-alcohol motifs (C(OH)–C–C–N with tert-alkyl or cyclic N) is 1. The number of carboxylic acids is 1. The number of rotatable bonds is 4. The van der Waals surface area contributed by atoms with Gasteiger partial charge in [0.1, 0.15) is 17.0 Å². The zero-order valence-electron chi connectivity index (χ0n) is 13.0. The fourth-order valence-electron chi connectivity index (χ4n) is 2.70. The van der Waals surface area contributed by atoms with Crippen LogP contribution in [0.2, 0.25) is 0 Å². The largest absolute Gasteiger partial charge is 0.477 e. The summed E-state index contributed by atoms with van der Waals surface area (Å²) in [7, 11) is 0. The van der Waals surface area contributed by atoms with Crippen molar-refractivity contribution in [3.63, 3.8) is 0 Å². The fourth-order valence-corrected chi connectivity index (χ4v) is 2.70. The second kappa shape index (κ2) is 5.62. The molecule has 0 bridgehead atoms. The molecule has 3 heterocycles. The molecule has 23 heavy (non-hydrogen) atoms. The third-order valence-corrected chi connectivity index (χ3v) is 4.09. The van der Waals surface area contributed by atoms with Crippen molar-refractivity contribution in [2.24, 2.45) is 0 Å². The van der Waals surface area contributed by atoms with E-state index in [9.17, 15) is 9.90 Å². The molecule has 0 spiro atoms. The van der Waals surface area contributed by atoms with Gasteiger partial charge in [-0.1, -0.05) is 5.21 Å². The van der Waals surface area contributed by atoms with Crippen LogP contribution in [0.25, 0.3) is 0 Å². The van der Waals surface area contributed by atoms with E-state index in [1.807, 2.05) is 18.7 Å². The monoisotopic (exact) mass is 317 g/mol. The van der Waals surface area contributed by atoms with Crippen molar-refractivity contribution in [1.29, 1.82) is 0 Å². The zero-order chi connectivity index (χ0) is 16.6. The van der Waals surface area contributed by atoms with Gasteiger partial charge in [0.25, 0.3) is 0 Å². The normalized spacial score (nSPS) is 21.1. The van der Waals surface area contributed by atoms with Gasteiger partial charge in [0.15, 0.2) is 0 Å². The first kappa shape index (κ1) is 15.4. The summed E-state index contributed by atoms with van der Waals surface area (Å²) in [5.74, 6) is -1.07. The molecule has 2 N–H and O–H groups in total. The van der Waals surface area contributed by atoms with Crippen molar-refractivity contribution in [2.75, 3.05) is 18.0 Å². The van der Waals surface area contributed by atoms with Crippen LogP contribution < -0.4 is 4.90 Å². The number of hydrogen-bond acceptors (Lipinski definition) is 6. The van der Waals surface area contributed by atoms with E-state index in [2.05, 4.69) is 15.3 Å². The number of nitrogens with zero attached hydrogens (tertiary/aromatic N) is 5. The Labute approximate surface area is 133 Å². The minimum atomic E-state index is -1.08. The third-order valence-electron chi connectivity index (χ3n) is 4.09. The maximum absolute atomic E-state index is 11.0. The van der Waals surface area contributed by atoms with Crippen molar-refractivity contribution in [3.8, 4) is 0 Å². The molecule has 2 aromatic rings. The minimum Gasteiger partial charge on any atom is -0.477 e. The van der Waals surface area contributed by atoms with Crippen molar-refractivity contribution < 1.29 is 15.0 Å². The number of hydrogen-bond donors (Lipinski definition) is 2. The fraction of sp³-hybridized carbons (Fsp3) is 0.467. The number of aromatic carboxylic acids is 1. The molecule has 1 aliphatic heterocycles. The van der Waals surface area contributed by atoms with E-state index in [1.165, 1.54) is 12.3 Å². The Kier molecular flexibility index (Phi) is 3.77. The molecule has 0 saturated carbocycles. The average molecular weight is 317 g/mol. The van der Waals surface area contributed by atoms with E-state index in [-0.39, 0.29) is 11.7 Å². The van der Waals surface area contributed by atoms with Gasteiger partial charge >= 0.3 is 5.97 Å². The maximum atomic E-state index is 11.0. The lowest BCUT2D eigenvalue weighted by Crippen LogP contribution is -2.31. The number of aliphatic hydroxyl groups is 1. The van der Waals surface area contributed by atoms with Gasteiger partial charge in [-0.05, 0) is 26.0 Å². The van der Waals surface area contributed by atoms with Crippen molar-refractivity contribution >= 4 is 11.7 Å². The van der Waals surface area contributed by atoms with Gasteiger partial charge in [-0.3, -0.25) is 0 Å². The van der Waals surface area contributed by atoms with Crippen LogP contribution in [0.1, 0.15) is 42.5 Å². The summed E-state index contributed by atoms with van der Waals surface area (Å²) in [4.78, 5) is 16.8. The van der Waals surface area contributed by atoms with E-state index in [4.69, 9.17) is 5.11 Å². The predicted octanol–water partition coefficient (Wildman–Crippen LogP) is 1.05. The number of carbonyl (C=O) groups is 1. The average Bonchev–Trinajstić information content (AvgIpc) is 3.15. The summed E-state index contributed by atoms with van der Waals surface area (Å²) in [6.45, 7) is 4.93. The predicted molar refractivity (Wildman–Crippen MR) is 82.3 cm³/mol. The first-order chi connectivity index (χ1) is 10.9. The van der Waals surface area contributed by atoms with Crippen LogP contribution in [0, 0.1) is 0 Å². The molecular formula is C15H19N5O3. The van der Waals surface area contributed by atoms with E-state index in [1.54, 1.807) is 16.9 Å². The minimum absolute atomic E-state index is 0.0105.